The summed E-state index contributed by atoms with van der Waals surface area (Å²) < 4.78 is 6.81. The van der Waals surface area contributed by atoms with Gasteiger partial charge in [-0.25, -0.2) is 4.98 Å². The smallest absolute Gasteiger partial charge is 0.263 e. The van der Waals surface area contributed by atoms with E-state index in [9.17, 15) is 4.79 Å². The molecule has 23 heavy (non-hydrogen) atoms. The van der Waals surface area contributed by atoms with Crippen LogP contribution in [0.15, 0.2) is 9.95 Å². The van der Waals surface area contributed by atoms with Crippen molar-refractivity contribution in [3.05, 3.63) is 20.8 Å². The molecule has 0 saturated carbocycles. The number of aromatic nitrogens is 2. The molecule has 7 heteroatoms. The number of aryl methyl sites for hydroxylation is 2. The number of thiophene rings is 1. The van der Waals surface area contributed by atoms with Gasteiger partial charge < -0.3 is 4.74 Å². The van der Waals surface area contributed by atoms with Crippen LogP contribution in [-0.2, 0) is 24.1 Å². The highest BCUT2D eigenvalue weighted by Gasteiger charge is 2.22. The number of thioether (sulfide) groups is 1. The Morgan fingerprint density at radius 3 is 3.00 bits per heavy atom. The number of nitriles is 1. The van der Waals surface area contributed by atoms with Crippen molar-refractivity contribution >= 4 is 33.3 Å². The molecule has 3 rings (SSSR count). The second kappa shape index (κ2) is 7.04. The molecule has 2 heterocycles. The lowest BCUT2D eigenvalue weighted by atomic mass is 9.97. The molecule has 0 aliphatic heterocycles. The van der Waals surface area contributed by atoms with Crippen LogP contribution in [0.2, 0.25) is 0 Å². The highest BCUT2D eigenvalue weighted by molar-refractivity contribution is 8.00. The Kier molecular flexibility index (Phi) is 5.05. The number of methoxy groups -OCH3 is 1. The van der Waals surface area contributed by atoms with E-state index >= 15 is 0 Å². The fourth-order valence-corrected chi connectivity index (χ4v) is 5.00. The first-order chi connectivity index (χ1) is 11.2. The quantitative estimate of drug-likeness (QED) is 0.613. The zero-order chi connectivity index (χ0) is 16.4. The van der Waals surface area contributed by atoms with Crippen LogP contribution < -0.4 is 5.56 Å². The molecule has 1 aliphatic carbocycles. The van der Waals surface area contributed by atoms with Crippen LogP contribution in [0.25, 0.3) is 10.2 Å². The van der Waals surface area contributed by atoms with Crippen LogP contribution in [0.5, 0.6) is 0 Å². The van der Waals surface area contributed by atoms with E-state index in [2.05, 4.69) is 6.07 Å². The van der Waals surface area contributed by atoms with E-state index < -0.39 is 0 Å². The Balaban J connectivity index is 2.17. The van der Waals surface area contributed by atoms with Gasteiger partial charge in [0.2, 0.25) is 0 Å². The van der Waals surface area contributed by atoms with Crippen LogP contribution in [0.4, 0.5) is 0 Å². The molecule has 0 bridgehead atoms. The van der Waals surface area contributed by atoms with Gasteiger partial charge in [0.15, 0.2) is 5.16 Å². The summed E-state index contributed by atoms with van der Waals surface area (Å²) in [5, 5.41) is 10.2. The predicted octanol–water partition coefficient (Wildman–Crippen LogP) is 2.99. The lowest BCUT2D eigenvalue weighted by Gasteiger charge is -2.13. The predicted molar refractivity (Wildman–Crippen MR) is 93.3 cm³/mol. The van der Waals surface area contributed by atoms with Crippen LogP contribution in [-0.4, -0.2) is 28.5 Å². The summed E-state index contributed by atoms with van der Waals surface area (Å²) in [5.41, 5.74) is 1.21. The molecule has 0 N–H and O–H groups in total. The summed E-state index contributed by atoms with van der Waals surface area (Å²) in [4.78, 5) is 19.9. The largest absolute Gasteiger partial charge is 0.383 e. The maximum Gasteiger partial charge on any atom is 0.263 e. The number of hydrogen-bond acceptors (Lipinski definition) is 6. The third-order valence-electron chi connectivity index (χ3n) is 4.02. The first kappa shape index (κ1) is 16.5. The third kappa shape index (κ3) is 3.16. The van der Waals surface area contributed by atoms with Crippen LogP contribution >= 0.6 is 23.1 Å². The second-order valence-electron chi connectivity index (χ2n) is 5.62. The number of hydrogen-bond donors (Lipinski definition) is 0. The highest BCUT2D eigenvalue weighted by atomic mass is 32.2. The average molecular weight is 349 g/mol. The van der Waals surface area contributed by atoms with Crippen LogP contribution in [0, 0.1) is 11.3 Å². The lowest BCUT2D eigenvalue weighted by Crippen LogP contribution is -2.26. The van der Waals surface area contributed by atoms with Crippen molar-refractivity contribution in [2.45, 2.75) is 49.6 Å². The summed E-state index contributed by atoms with van der Waals surface area (Å²) in [6, 6.07) is 2.19. The molecule has 122 valence electrons. The maximum absolute atomic E-state index is 13.0. The molecule has 0 aromatic carbocycles. The Morgan fingerprint density at radius 2 is 2.26 bits per heavy atom. The fraction of sp³-hybridized carbons (Fsp3) is 0.562. The van der Waals surface area contributed by atoms with E-state index in [0.717, 1.165) is 29.5 Å². The van der Waals surface area contributed by atoms with Crippen molar-refractivity contribution in [3.63, 3.8) is 0 Å². The first-order valence-electron chi connectivity index (χ1n) is 7.76. The molecule has 1 aliphatic rings. The zero-order valence-electron chi connectivity index (χ0n) is 13.3. The zero-order valence-corrected chi connectivity index (χ0v) is 14.9. The Labute approximate surface area is 143 Å². The van der Waals surface area contributed by atoms with Crippen molar-refractivity contribution in [2.24, 2.45) is 0 Å². The molecular weight excluding hydrogens is 330 g/mol. The van der Waals surface area contributed by atoms with E-state index in [4.69, 9.17) is 15.0 Å². The third-order valence-corrected chi connectivity index (χ3v) is 6.19. The molecule has 2 aromatic rings. The van der Waals surface area contributed by atoms with E-state index in [1.807, 2.05) is 6.92 Å². The minimum atomic E-state index is -0.247. The summed E-state index contributed by atoms with van der Waals surface area (Å²) in [7, 11) is 1.62. The van der Waals surface area contributed by atoms with Crippen LogP contribution in [0.1, 0.15) is 30.2 Å². The average Bonchev–Trinajstić information content (AvgIpc) is 2.92. The van der Waals surface area contributed by atoms with Crippen molar-refractivity contribution in [1.82, 2.24) is 9.55 Å². The maximum atomic E-state index is 13.0. The Hall–Kier alpha value is -1.36. The van der Waals surface area contributed by atoms with Gasteiger partial charge in [-0.1, -0.05) is 11.8 Å². The number of rotatable bonds is 5. The fourth-order valence-electron chi connectivity index (χ4n) is 2.87. The minimum Gasteiger partial charge on any atom is -0.383 e. The van der Waals surface area contributed by atoms with E-state index in [0.29, 0.717) is 18.3 Å². The number of nitrogens with zero attached hydrogens (tertiary/aromatic N) is 3. The van der Waals surface area contributed by atoms with E-state index in [1.165, 1.54) is 28.6 Å². The van der Waals surface area contributed by atoms with Gasteiger partial charge in [0.25, 0.3) is 5.56 Å². The van der Waals surface area contributed by atoms with Crippen molar-refractivity contribution in [1.29, 1.82) is 5.26 Å². The topological polar surface area (TPSA) is 67.9 Å². The molecule has 5 nitrogen and oxygen atoms in total. The molecule has 0 spiro atoms. The molecule has 0 unspecified atom stereocenters. The summed E-state index contributed by atoms with van der Waals surface area (Å²) in [6.07, 6.45) is 4.34. The lowest BCUT2D eigenvalue weighted by molar-refractivity contribution is 0.183. The molecule has 0 saturated heterocycles. The van der Waals surface area contributed by atoms with Gasteiger partial charge in [-0.15, -0.1) is 11.3 Å². The van der Waals surface area contributed by atoms with Gasteiger partial charge in [0.1, 0.15) is 4.83 Å². The van der Waals surface area contributed by atoms with Crippen molar-refractivity contribution in [3.8, 4) is 6.07 Å². The molecule has 0 radical (unpaired) electrons. The molecule has 0 fully saturated rings. The first-order valence-corrected chi connectivity index (χ1v) is 9.45. The van der Waals surface area contributed by atoms with Crippen molar-refractivity contribution < 1.29 is 4.74 Å². The van der Waals surface area contributed by atoms with Gasteiger partial charge in [-0.3, -0.25) is 9.36 Å². The van der Waals surface area contributed by atoms with Crippen molar-refractivity contribution in [2.75, 3.05) is 13.7 Å². The van der Waals surface area contributed by atoms with Gasteiger partial charge in [0.05, 0.1) is 29.9 Å². The Bertz CT molecular complexity index is 819. The monoisotopic (exact) mass is 349 g/mol. The number of ether oxygens (including phenoxy) is 1. The molecule has 1 atom stereocenters. The summed E-state index contributed by atoms with van der Waals surface area (Å²) >= 11 is 2.98. The molecular formula is C16H19N3O2S2. The van der Waals surface area contributed by atoms with Gasteiger partial charge in [0, 0.05) is 12.0 Å². The minimum absolute atomic E-state index is 0.0130. The van der Waals surface area contributed by atoms with Gasteiger partial charge >= 0.3 is 0 Å². The van der Waals surface area contributed by atoms with E-state index in [-0.39, 0.29) is 10.8 Å². The summed E-state index contributed by atoms with van der Waals surface area (Å²) in [6.45, 7) is 2.73. The normalized spacial score (nSPS) is 15.3. The SMILES string of the molecule is COCCn1c(S[C@@H](C)C#N)nc2sc3c(c2c1=O)CCCC3. The second-order valence-corrected chi connectivity index (χ2v) is 8.02. The standard InChI is InChI=1S/C16H19N3O2S2/c1-10(9-17)22-16-18-14-13(15(20)19(16)7-8-21-2)11-5-3-4-6-12(11)23-14/h10H,3-8H2,1-2H3/t10-/m0/s1. The Morgan fingerprint density at radius 1 is 1.48 bits per heavy atom. The van der Waals surface area contributed by atoms with E-state index in [1.54, 1.807) is 23.0 Å². The molecule has 2 aromatic heterocycles. The van der Waals surface area contributed by atoms with Gasteiger partial charge in [-0.05, 0) is 38.2 Å². The summed E-state index contributed by atoms with van der Waals surface area (Å²) in [5.74, 6) is 0. The number of fused-ring (bicyclic) bond motifs is 3. The van der Waals surface area contributed by atoms with Crippen LogP contribution in [0.3, 0.4) is 0 Å². The molecule has 0 amide bonds. The van der Waals surface area contributed by atoms with Gasteiger partial charge in [-0.2, -0.15) is 5.26 Å². The highest BCUT2D eigenvalue weighted by Crippen LogP contribution is 2.35.